The van der Waals surface area contributed by atoms with Gasteiger partial charge < -0.3 is 10.2 Å². The Balaban J connectivity index is 1.73. The van der Waals surface area contributed by atoms with Gasteiger partial charge in [0.15, 0.2) is 0 Å². The molecular formula is C22H20ClN3O2. The Morgan fingerprint density at radius 1 is 1.04 bits per heavy atom. The van der Waals surface area contributed by atoms with Crippen LogP contribution in [0.3, 0.4) is 0 Å². The van der Waals surface area contributed by atoms with Crippen molar-refractivity contribution in [3.05, 3.63) is 94.3 Å². The maximum absolute atomic E-state index is 12.7. The molecule has 0 saturated carbocycles. The number of benzene rings is 2. The topological polar surface area (TPSA) is 62.3 Å². The number of rotatable bonds is 5. The molecule has 0 unspecified atom stereocenters. The highest BCUT2D eigenvalue weighted by molar-refractivity contribution is 6.30. The smallest absolute Gasteiger partial charge is 0.257 e. The van der Waals surface area contributed by atoms with E-state index in [1.165, 1.54) is 12.4 Å². The van der Waals surface area contributed by atoms with E-state index >= 15 is 0 Å². The SMILES string of the molecule is Cc1cc(Cl)ccc1NC(=O)c1cncc(C(=O)N(C)Cc2ccccc2)c1. The van der Waals surface area contributed by atoms with Gasteiger partial charge in [-0.15, -0.1) is 0 Å². The molecule has 1 heterocycles. The third-order valence-corrected chi connectivity index (χ3v) is 4.53. The van der Waals surface area contributed by atoms with Crippen molar-refractivity contribution in [1.82, 2.24) is 9.88 Å². The number of carbonyl (C=O) groups is 2. The Hall–Kier alpha value is -3.18. The minimum atomic E-state index is -0.335. The first kappa shape index (κ1) is 19.6. The molecule has 0 atom stereocenters. The van der Waals surface area contributed by atoms with E-state index in [-0.39, 0.29) is 11.8 Å². The van der Waals surface area contributed by atoms with E-state index in [0.29, 0.717) is 28.4 Å². The van der Waals surface area contributed by atoms with Gasteiger partial charge >= 0.3 is 0 Å². The van der Waals surface area contributed by atoms with Gasteiger partial charge in [0.2, 0.25) is 0 Å². The van der Waals surface area contributed by atoms with E-state index in [4.69, 9.17) is 11.6 Å². The molecule has 0 spiro atoms. The number of aromatic nitrogens is 1. The summed E-state index contributed by atoms with van der Waals surface area (Å²) >= 11 is 5.95. The van der Waals surface area contributed by atoms with Crippen LogP contribution in [0.2, 0.25) is 5.02 Å². The predicted octanol–water partition coefficient (Wildman–Crippen LogP) is 4.57. The summed E-state index contributed by atoms with van der Waals surface area (Å²) < 4.78 is 0. The third kappa shape index (κ3) is 4.75. The highest BCUT2D eigenvalue weighted by Crippen LogP contribution is 2.20. The lowest BCUT2D eigenvalue weighted by atomic mass is 10.1. The van der Waals surface area contributed by atoms with Crippen LogP contribution in [-0.4, -0.2) is 28.7 Å². The molecule has 0 aliphatic carbocycles. The number of pyridine rings is 1. The monoisotopic (exact) mass is 393 g/mol. The minimum absolute atomic E-state index is 0.200. The van der Waals surface area contributed by atoms with Crippen LogP contribution < -0.4 is 5.32 Å². The van der Waals surface area contributed by atoms with Crippen LogP contribution in [-0.2, 0) is 6.54 Å². The highest BCUT2D eigenvalue weighted by atomic mass is 35.5. The van der Waals surface area contributed by atoms with Gasteiger partial charge in [-0.2, -0.15) is 0 Å². The Bertz CT molecular complexity index is 1010. The zero-order valence-corrected chi connectivity index (χ0v) is 16.4. The summed E-state index contributed by atoms with van der Waals surface area (Å²) in [6.45, 7) is 2.33. The fraction of sp³-hybridized carbons (Fsp3) is 0.136. The fourth-order valence-electron chi connectivity index (χ4n) is 2.79. The van der Waals surface area contributed by atoms with Crippen molar-refractivity contribution < 1.29 is 9.59 Å². The number of hydrogen-bond acceptors (Lipinski definition) is 3. The summed E-state index contributed by atoms with van der Waals surface area (Å²) in [6, 6.07) is 16.5. The van der Waals surface area contributed by atoms with E-state index in [1.807, 2.05) is 37.3 Å². The van der Waals surface area contributed by atoms with Crippen LogP contribution >= 0.6 is 11.6 Å². The number of hydrogen-bond donors (Lipinski definition) is 1. The van der Waals surface area contributed by atoms with Gasteiger partial charge in [-0.1, -0.05) is 41.9 Å². The van der Waals surface area contributed by atoms with Gasteiger partial charge in [-0.3, -0.25) is 14.6 Å². The first-order chi connectivity index (χ1) is 13.4. The van der Waals surface area contributed by atoms with Crippen LogP contribution in [0, 0.1) is 6.92 Å². The second kappa shape index (κ2) is 8.67. The summed E-state index contributed by atoms with van der Waals surface area (Å²) in [5, 5.41) is 3.43. The molecule has 0 aliphatic heterocycles. The quantitative estimate of drug-likeness (QED) is 0.690. The third-order valence-electron chi connectivity index (χ3n) is 4.29. The Kier molecular flexibility index (Phi) is 6.06. The molecule has 0 fully saturated rings. The largest absolute Gasteiger partial charge is 0.337 e. The standard InChI is InChI=1S/C22H20ClN3O2/c1-15-10-19(23)8-9-20(15)25-21(27)17-11-18(13-24-12-17)22(28)26(2)14-16-6-4-3-5-7-16/h3-13H,14H2,1-2H3,(H,25,27). The Labute approximate surface area is 169 Å². The van der Waals surface area contributed by atoms with E-state index in [2.05, 4.69) is 10.3 Å². The van der Waals surface area contributed by atoms with E-state index in [0.717, 1.165) is 11.1 Å². The molecule has 0 saturated heterocycles. The Morgan fingerprint density at radius 2 is 1.75 bits per heavy atom. The number of carbonyl (C=O) groups excluding carboxylic acids is 2. The lowest BCUT2D eigenvalue weighted by Crippen LogP contribution is -2.26. The van der Waals surface area contributed by atoms with Crippen LogP contribution in [0.15, 0.2) is 67.0 Å². The van der Waals surface area contributed by atoms with Gasteiger partial charge in [0, 0.05) is 36.7 Å². The second-order valence-corrected chi connectivity index (χ2v) is 6.96. The lowest BCUT2D eigenvalue weighted by molar-refractivity contribution is 0.0784. The maximum Gasteiger partial charge on any atom is 0.257 e. The van der Waals surface area contributed by atoms with Crippen molar-refractivity contribution >= 4 is 29.1 Å². The van der Waals surface area contributed by atoms with Crippen LogP contribution in [0.4, 0.5) is 5.69 Å². The molecule has 5 nitrogen and oxygen atoms in total. The Morgan fingerprint density at radius 3 is 2.46 bits per heavy atom. The second-order valence-electron chi connectivity index (χ2n) is 6.52. The number of amides is 2. The average Bonchev–Trinajstić information content (AvgIpc) is 2.70. The predicted molar refractivity (Wildman–Crippen MR) is 111 cm³/mol. The molecular weight excluding hydrogens is 374 g/mol. The van der Waals surface area contributed by atoms with Crippen LogP contribution in [0.25, 0.3) is 0 Å². The van der Waals surface area contributed by atoms with Crippen molar-refractivity contribution in [3.8, 4) is 0 Å². The summed E-state index contributed by atoms with van der Waals surface area (Å²) in [4.78, 5) is 31.0. The highest BCUT2D eigenvalue weighted by Gasteiger charge is 2.16. The number of aryl methyl sites for hydroxylation is 1. The van der Waals surface area contributed by atoms with E-state index in [9.17, 15) is 9.59 Å². The number of halogens is 1. The zero-order chi connectivity index (χ0) is 20.1. The molecule has 3 rings (SSSR count). The maximum atomic E-state index is 12.7. The number of anilines is 1. The van der Waals surface area contributed by atoms with Gasteiger partial charge in [-0.05, 0) is 42.3 Å². The molecule has 28 heavy (non-hydrogen) atoms. The van der Waals surface area contributed by atoms with Gasteiger partial charge in [0.05, 0.1) is 11.1 Å². The lowest BCUT2D eigenvalue weighted by Gasteiger charge is -2.17. The minimum Gasteiger partial charge on any atom is -0.337 e. The van der Waals surface area contributed by atoms with E-state index < -0.39 is 0 Å². The first-order valence-electron chi connectivity index (χ1n) is 8.76. The van der Waals surface area contributed by atoms with Crippen molar-refractivity contribution in [2.24, 2.45) is 0 Å². The average molecular weight is 394 g/mol. The van der Waals surface area contributed by atoms with E-state index in [1.54, 1.807) is 36.2 Å². The molecule has 2 aromatic carbocycles. The fourth-order valence-corrected chi connectivity index (χ4v) is 3.02. The van der Waals surface area contributed by atoms with Crippen molar-refractivity contribution in [2.45, 2.75) is 13.5 Å². The summed E-state index contributed by atoms with van der Waals surface area (Å²) in [7, 11) is 1.72. The van der Waals surface area contributed by atoms with Crippen LogP contribution in [0.1, 0.15) is 31.8 Å². The van der Waals surface area contributed by atoms with Gasteiger partial charge in [0.25, 0.3) is 11.8 Å². The molecule has 0 bridgehead atoms. The molecule has 0 radical (unpaired) electrons. The molecule has 3 aromatic rings. The van der Waals surface area contributed by atoms with Crippen LogP contribution in [0.5, 0.6) is 0 Å². The molecule has 142 valence electrons. The number of nitrogens with one attached hydrogen (secondary N) is 1. The number of nitrogens with zero attached hydrogens (tertiary/aromatic N) is 2. The first-order valence-corrected chi connectivity index (χ1v) is 9.14. The van der Waals surface area contributed by atoms with Gasteiger partial charge in [-0.25, -0.2) is 0 Å². The normalized spacial score (nSPS) is 10.4. The van der Waals surface area contributed by atoms with Crippen molar-refractivity contribution in [1.29, 1.82) is 0 Å². The molecule has 0 aliphatic rings. The van der Waals surface area contributed by atoms with Crippen molar-refractivity contribution in [3.63, 3.8) is 0 Å². The molecule has 1 aromatic heterocycles. The zero-order valence-electron chi connectivity index (χ0n) is 15.6. The summed E-state index contributed by atoms with van der Waals surface area (Å²) in [5.41, 5.74) is 3.21. The molecule has 1 N–H and O–H groups in total. The summed E-state index contributed by atoms with van der Waals surface area (Å²) in [5.74, 6) is -0.535. The molecule has 2 amide bonds. The summed E-state index contributed by atoms with van der Waals surface area (Å²) in [6.07, 6.45) is 2.91. The molecule has 6 heteroatoms. The van der Waals surface area contributed by atoms with Gasteiger partial charge in [0.1, 0.15) is 0 Å². The van der Waals surface area contributed by atoms with Crippen molar-refractivity contribution in [2.75, 3.05) is 12.4 Å².